The third-order valence-electron chi connectivity index (χ3n) is 3.79. The molecule has 0 saturated carbocycles. The Kier molecular flexibility index (Phi) is 6.18. The first-order valence-corrected chi connectivity index (χ1v) is 7.58. The highest BCUT2D eigenvalue weighted by atomic mass is 16.6. The van der Waals surface area contributed by atoms with Gasteiger partial charge in [0.05, 0.1) is 17.6 Å². The van der Waals surface area contributed by atoms with Crippen molar-refractivity contribution in [3.05, 3.63) is 75.8 Å². The van der Waals surface area contributed by atoms with Crippen LogP contribution in [0.2, 0.25) is 0 Å². The van der Waals surface area contributed by atoms with E-state index in [-0.39, 0.29) is 5.69 Å². The first kappa shape index (κ1) is 18.5. The quantitative estimate of drug-likeness (QED) is 0.432. The number of aliphatic hydroxyl groups excluding tert-OH is 2. The first-order chi connectivity index (χ1) is 11.9. The van der Waals surface area contributed by atoms with E-state index in [0.29, 0.717) is 11.1 Å². The van der Waals surface area contributed by atoms with Crippen LogP contribution in [-0.4, -0.2) is 33.7 Å². The lowest BCUT2D eigenvalue weighted by Gasteiger charge is -2.24. The van der Waals surface area contributed by atoms with Crippen LogP contribution >= 0.6 is 0 Å². The van der Waals surface area contributed by atoms with Crippen LogP contribution in [0.15, 0.2) is 54.6 Å². The Labute approximate surface area is 144 Å². The lowest BCUT2D eigenvalue weighted by molar-refractivity contribution is -0.384. The number of nitro benzene ring substituents is 1. The standard InChI is InChI=1S/C17H19N3O5/c18-15(11-4-2-1-3-5-11)17(23)19-14(10-21)16(22)12-6-8-13(9-7-12)20(24)25/h1-9,14-16,21-22H,10,18H2,(H,19,23)/t14-,15+,16-/m1/s1. The molecule has 5 N–H and O–H groups in total. The van der Waals surface area contributed by atoms with Crippen LogP contribution in [0.1, 0.15) is 23.3 Å². The fraction of sp³-hybridized carbons (Fsp3) is 0.235. The minimum Gasteiger partial charge on any atom is -0.394 e. The highest BCUT2D eigenvalue weighted by Gasteiger charge is 2.25. The van der Waals surface area contributed by atoms with Gasteiger partial charge in [0.2, 0.25) is 5.91 Å². The van der Waals surface area contributed by atoms with Gasteiger partial charge in [0.15, 0.2) is 0 Å². The maximum absolute atomic E-state index is 12.2. The zero-order chi connectivity index (χ0) is 18.4. The first-order valence-electron chi connectivity index (χ1n) is 7.58. The molecule has 0 saturated heterocycles. The van der Waals surface area contributed by atoms with Crippen molar-refractivity contribution in [3.8, 4) is 0 Å². The summed E-state index contributed by atoms with van der Waals surface area (Å²) in [6.45, 7) is -0.522. The predicted octanol–water partition coefficient (Wildman–Crippen LogP) is 0.805. The highest BCUT2D eigenvalue weighted by Crippen LogP contribution is 2.21. The number of carbonyl (C=O) groups excluding carboxylic acids is 1. The molecule has 0 aromatic heterocycles. The lowest BCUT2D eigenvalue weighted by atomic mass is 10.0. The summed E-state index contributed by atoms with van der Waals surface area (Å²) in [6, 6.07) is 12.0. The minimum atomic E-state index is -1.24. The Morgan fingerprint density at radius 3 is 2.24 bits per heavy atom. The largest absolute Gasteiger partial charge is 0.394 e. The van der Waals surface area contributed by atoms with Crippen LogP contribution in [-0.2, 0) is 4.79 Å². The second-order valence-electron chi connectivity index (χ2n) is 5.48. The summed E-state index contributed by atoms with van der Waals surface area (Å²) < 4.78 is 0. The molecule has 132 valence electrons. The normalized spacial score (nSPS) is 14.4. The van der Waals surface area contributed by atoms with Gasteiger partial charge in [0.25, 0.3) is 5.69 Å². The number of nitrogens with zero attached hydrogens (tertiary/aromatic N) is 1. The maximum atomic E-state index is 12.2. The van der Waals surface area contributed by atoms with Crippen molar-refractivity contribution in [1.82, 2.24) is 5.32 Å². The average Bonchev–Trinajstić information content (AvgIpc) is 2.65. The molecule has 3 atom stereocenters. The fourth-order valence-electron chi connectivity index (χ4n) is 2.33. The van der Waals surface area contributed by atoms with E-state index in [9.17, 15) is 25.1 Å². The van der Waals surface area contributed by atoms with Gasteiger partial charge in [-0.25, -0.2) is 0 Å². The van der Waals surface area contributed by atoms with Crippen molar-refractivity contribution in [1.29, 1.82) is 0 Å². The molecule has 1 amide bonds. The Bertz CT molecular complexity index is 721. The molecule has 0 unspecified atom stereocenters. The van der Waals surface area contributed by atoms with E-state index >= 15 is 0 Å². The smallest absolute Gasteiger partial charge is 0.269 e. The van der Waals surface area contributed by atoms with E-state index in [4.69, 9.17) is 5.73 Å². The molecule has 25 heavy (non-hydrogen) atoms. The number of hydrogen-bond acceptors (Lipinski definition) is 6. The summed E-state index contributed by atoms with van der Waals surface area (Å²) in [5.74, 6) is -0.550. The van der Waals surface area contributed by atoms with Gasteiger partial charge in [-0.2, -0.15) is 0 Å². The molecule has 0 aliphatic carbocycles. The van der Waals surface area contributed by atoms with Crippen molar-refractivity contribution in [2.75, 3.05) is 6.61 Å². The number of non-ortho nitro benzene ring substituents is 1. The van der Waals surface area contributed by atoms with E-state index in [1.165, 1.54) is 24.3 Å². The Hall–Kier alpha value is -2.81. The summed E-state index contributed by atoms with van der Waals surface area (Å²) in [6.07, 6.45) is -1.24. The molecule has 2 rings (SSSR count). The minimum absolute atomic E-state index is 0.119. The number of amides is 1. The zero-order valence-corrected chi connectivity index (χ0v) is 13.3. The number of rotatable bonds is 7. The molecule has 0 spiro atoms. The molecule has 0 fully saturated rings. The number of nitrogens with two attached hydrogens (primary N) is 1. The molecule has 2 aromatic carbocycles. The number of carbonyl (C=O) groups is 1. The SMILES string of the molecule is N[C@H](C(=O)N[C@H](CO)[C@H](O)c1ccc([N+](=O)[O-])cc1)c1ccccc1. The third-order valence-corrected chi connectivity index (χ3v) is 3.79. The molecule has 0 heterocycles. The fourth-order valence-corrected chi connectivity index (χ4v) is 2.33. The van der Waals surface area contributed by atoms with Crippen molar-refractivity contribution in [2.24, 2.45) is 5.73 Å². The molecule has 8 heteroatoms. The topological polar surface area (TPSA) is 139 Å². The molecule has 0 aliphatic heterocycles. The van der Waals surface area contributed by atoms with Crippen LogP contribution in [0.5, 0.6) is 0 Å². The van der Waals surface area contributed by atoms with E-state index in [2.05, 4.69) is 5.32 Å². The third kappa shape index (κ3) is 4.60. The molecule has 0 aliphatic rings. The van der Waals surface area contributed by atoms with Gasteiger partial charge in [0.1, 0.15) is 12.1 Å². The Morgan fingerprint density at radius 2 is 1.72 bits per heavy atom. The van der Waals surface area contributed by atoms with E-state index in [1.54, 1.807) is 30.3 Å². The summed E-state index contributed by atoms with van der Waals surface area (Å²) >= 11 is 0. The maximum Gasteiger partial charge on any atom is 0.269 e. The number of aliphatic hydroxyl groups is 2. The van der Waals surface area contributed by atoms with Crippen molar-refractivity contribution in [2.45, 2.75) is 18.2 Å². The summed E-state index contributed by atoms with van der Waals surface area (Å²) in [5, 5.41) is 33.0. The second kappa shape index (κ2) is 8.34. The summed E-state index contributed by atoms with van der Waals surface area (Å²) in [7, 11) is 0. The summed E-state index contributed by atoms with van der Waals surface area (Å²) in [5.41, 5.74) is 6.69. The Balaban J connectivity index is 2.07. The molecule has 2 aromatic rings. The van der Waals surface area contributed by atoms with Crippen molar-refractivity contribution >= 4 is 11.6 Å². The van der Waals surface area contributed by atoms with Crippen LogP contribution < -0.4 is 11.1 Å². The average molecular weight is 345 g/mol. The van der Waals surface area contributed by atoms with Crippen LogP contribution in [0.3, 0.4) is 0 Å². The van der Waals surface area contributed by atoms with Gasteiger partial charge in [-0.15, -0.1) is 0 Å². The van der Waals surface area contributed by atoms with Gasteiger partial charge in [-0.05, 0) is 23.3 Å². The highest BCUT2D eigenvalue weighted by molar-refractivity contribution is 5.83. The predicted molar refractivity (Wildman–Crippen MR) is 90.4 cm³/mol. The van der Waals surface area contributed by atoms with Crippen LogP contribution in [0, 0.1) is 10.1 Å². The van der Waals surface area contributed by atoms with E-state index < -0.39 is 35.6 Å². The number of nitrogens with one attached hydrogen (secondary N) is 1. The van der Waals surface area contributed by atoms with Crippen molar-refractivity contribution < 1.29 is 19.9 Å². The number of benzene rings is 2. The number of nitro groups is 1. The Morgan fingerprint density at radius 1 is 1.12 bits per heavy atom. The molecule has 8 nitrogen and oxygen atoms in total. The lowest BCUT2D eigenvalue weighted by Crippen LogP contribution is -2.45. The summed E-state index contributed by atoms with van der Waals surface area (Å²) in [4.78, 5) is 22.3. The number of hydrogen-bond donors (Lipinski definition) is 4. The molecular weight excluding hydrogens is 326 g/mol. The van der Waals surface area contributed by atoms with Gasteiger partial charge >= 0.3 is 0 Å². The van der Waals surface area contributed by atoms with Gasteiger partial charge < -0.3 is 21.3 Å². The monoisotopic (exact) mass is 345 g/mol. The van der Waals surface area contributed by atoms with Crippen molar-refractivity contribution in [3.63, 3.8) is 0 Å². The van der Waals surface area contributed by atoms with Gasteiger partial charge in [-0.1, -0.05) is 30.3 Å². The van der Waals surface area contributed by atoms with Gasteiger partial charge in [-0.3, -0.25) is 14.9 Å². The van der Waals surface area contributed by atoms with Crippen LogP contribution in [0.4, 0.5) is 5.69 Å². The van der Waals surface area contributed by atoms with Crippen LogP contribution in [0.25, 0.3) is 0 Å². The van der Waals surface area contributed by atoms with E-state index in [1.807, 2.05) is 0 Å². The second-order valence-corrected chi connectivity index (χ2v) is 5.48. The molecule has 0 bridgehead atoms. The van der Waals surface area contributed by atoms with Gasteiger partial charge in [0, 0.05) is 12.1 Å². The molecule has 0 radical (unpaired) electrons. The zero-order valence-electron chi connectivity index (χ0n) is 13.3. The van der Waals surface area contributed by atoms with E-state index in [0.717, 1.165) is 0 Å². The molecular formula is C17H19N3O5.